The van der Waals surface area contributed by atoms with Gasteiger partial charge in [0.1, 0.15) is 5.60 Å². The minimum atomic E-state index is -0.0365. The maximum absolute atomic E-state index is 5.47. The molecular formula is C11H15NO. The number of ether oxygens (including phenoxy) is 1. The fourth-order valence-corrected chi connectivity index (χ4v) is 1.62. The first-order valence-corrected chi connectivity index (χ1v) is 4.81. The molecule has 0 amide bonds. The van der Waals surface area contributed by atoms with Crippen molar-refractivity contribution in [1.82, 2.24) is 4.98 Å². The van der Waals surface area contributed by atoms with Gasteiger partial charge in [0.2, 0.25) is 0 Å². The molecule has 1 heterocycles. The molecule has 2 nitrogen and oxygen atoms in total. The van der Waals surface area contributed by atoms with Crippen LogP contribution in [0.3, 0.4) is 0 Å². The minimum absolute atomic E-state index is 0.0365. The summed E-state index contributed by atoms with van der Waals surface area (Å²) in [7, 11) is 1.77. The molecule has 70 valence electrons. The number of nitrogens with zero attached hydrogens (tertiary/aromatic N) is 1. The Bertz CT molecular complexity index is 305. The molecule has 1 aromatic heterocycles. The quantitative estimate of drug-likeness (QED) is 0.706. The van der Waals surface area contributed by atoms with Gasteiger partial charge in [0, 0.05) is 13.3 Å². The van der Waals surface area contributed by atoms with E-state index in [4.69, 9.17) is 4.74 Å². The van der Waals surface area contributed by atoms with Crippen LogP contribution in [0.15, 0.2) is 18.3 Å². The lowest BCUT2D eigenvalue weighted by Crippen LogP contribution is -2.11. The predicted molar refractivity (Wildman–Crippen MR) is 51.5 cm³/mol. The van der Waals surface area contributed by atoms with Crippen LogP contribution in [0.4, 0.5) is 0 Å². The van der Waals surface area contributed by atoms with Crippen LogP contribution in [0.5, 0.6) is 0 Å². The molecule has 1 aliphatic carbocycles. The van der Waals surface area contributed by atoms with Crippen molar-refractivity contribution >= 4 is 0 Å². The van der Waals surface area contributed by atoms with E-state index in [-0.39, 0.29) is 5.60 Å². The van der Waals surface area contributed by atoms with E-state index in [0.29, 0.717) is 0 Å². The third-order valence-corrected chi connectivity index (χ3v) is 2.79. The van der Waals surface area contributed by atoms with Crippen LogP contribution in [-0.4, -0.2) is 12.1 Å². The number of aromatic nitrogens is 1. The summed E-state index contributed by atoms with van der Waals surface area (Å²) in [5.74, 6) is 0. The summed E-state index contributed by atoms with van der Waals surface area (Å²) in [5, 5.41) is 0. The summed E-state index contributed by atoms with van der Waals surface area (Å²) in [6, 6.07) is 4.23. The standard InChI is InChI=1S/C11H15NO/c1-3-9-4-7-12-10(8-9)11(13-2)5-6-11/h4,7-8H,3,5-6H2,1-2H3. The number of methoxy groups -OCH3 is 1. The SMILES string of the molecule is CCc1ccnc(C2(OC)CC2)c1. The number of pyridine rings is 1. The average molecular weight is 177 g/mol. The summed E-state index contributed by atoms with van der Waals surface area (Å²) in [5.41, 5.74) is 2.41. The average Bonchev–Trinajstić information content (AvgIpc) is 2.99. The van der Waals surface area contributed by atoms with Gasteiger partial charge in [-0.25, -0.2) is 0 Å². The number of hydrogen-bond acceptors (Lipinski definition) is 2. The van der Waals surface area contributed by atoms with Gasteiger partial charge in [-0.2, -0.15) is 0 Å². The Morgan fingerprint density at radius 1 is 1.54 bits per heavy atom. The summed E-state index contributed by atoms with van der Waals surface area (Å²) >= 11 is 0. The molecule has 0 unspecified atom stereocenters. The van der Waals surface area contributed by atoms with E-state index in [1.165, 1.54) is 5.56 Å². The van der Waals surface area contributed by atoms with Crippen LogP contribution >= 0.6 is 0 Å². The highest BCUT2D eigenvalue weighted by Gasteiger charge is 2.46. The number of rotatable bonds is 3. The second-order valence-electron chi connectivity index (χ2n) is 3.60. The maximum Gasteiger partial charge on any atom is 0.110 e. The van der Waals surface area contributed by atoms with Crippen LogP contribution < -0.4 is 0 Å². The molecule has 13 heavy (non-hydrogen) atoms. The van der Waals surface area contributed by atoms with Gasteiger partial charge < -0.3 is 4.74 Å². The van der Waals surface area contributed by atoms with Crippen molar-refractivity contribution in [2.75, 3.05) is 7.11 Å². The van der Waals surface area contributed by atoms with Crippen molar-refractivity contribution in [3.8, 4) is 0 Å². The van der Waals surface area contributed by atoms with Gasteiger partial charge in [-0.3, -0.25) is 4.98 Å². The van der Waals surface area contributed by atoms with Crippen LogP contribution in [0.25, 0.3) is 0 Å². The van der Waals surface area contributed by atoms with Gasteiger partial charge in [0.15, 0.2) is 0 Å². The molecule has 0 saturated heterocycles. The van der Waals surface area contributed by atoms with Crippen molar-refractivity contribution in [3.63, 3.8) is 0 Å². The van der Waals surface area contributed by atoms with Crippen molar-refractivity contribution in [1.29, 1.82) is 0 Å². The molecule has 2 heteroatoms. The monoisotopic (exact) mass is 177 g/mol. The van der Waals surface area contributed by atoms with Gasteiger partial charge in [-0.1, -0.05) is 6.92 Å². The Morgan fingerprint density at radius 3 is 2.85 bits per heavy atom. The maximum atomic E-state index is 5.47. The van der Waals surface area contributed by atoms with Gasteiger partial charge in [0.05, 0.1) is 5.69 Å². The van der Waals surface area contributed by atoms with Gasteiger partial charge in [0.25, 0.3) is 0 Å². The Balaban J connectivity index is 2.30. The van der Waals surface area contributed by atoms with E-state index in [1.807, 2.05) is 6.20 Å². The zero-order valence-corrected chi connectivity index (χ0v) is 8.21. The molecule has 1 saturated carbocycles. The summed E-state index contributed by atoms with van der Waals surface area (Å²) in [4.78, 5) is 4.37. The zero-order valence-electron chi connectivity index (χ0n) is 8.21. The fourth-order valence-electron chi connectivity index (χ4n) is 1.62. The smallest absolute Gasteiger partial charge is 0.110 e. The highest BCUT2D eigenvalue weighted by Crippen LogP contribution is 2.47. The number of hydrogen-bond donors (Lipinski definition) is 0. The topological polar surface area (TPSA) is 22.1 Å². The Kier molecular flexibility index (Phi) is 2.08. The van der Waals surface area contributed by atoms with Gasteiger partial charge >= 0.3 is 0 Å². The lowest BCUT2D eigenvalue weighted by molar-refractivity contribution is 0.0751. The molecule has 0 aliphatic heterocycles. The normalized spacial score (nSPS) is 18.6. The van der Waals surface area contributed by atoms with E-state index >= 15 is 0 Å². The fraction of sp³-hybridized carbons (Fsp3) is 0.545. The van der Waals surface area contributed by atoms with Crippen molar-refractivity contribution in [2.24, 2.45) is 0 Å². The molecule has 0 N–H and O–H groups in total. The molecule has 0 bridgehead atoms. The van der Waals surface area contributed by atoms with Crippen LogP contribution in [0, 0.1) is 0 Å². The van der Waals surface area contributed by atoms with E-state index in [0.717, 1.165) is 25.0 Å². The summed E-state index contributed by atoms with van der Waals surface area (Å²) in [6.07, 6.45) is 5.18. The highest BCUT2D eigenvalue weighted by molar-refractivity contribution is 5.25. The lowest BCUT2D eigenvalue weighted by Gasteiger charge is -2.12. The molecular weight excluding hydrogens is 162 g/mol. The number of aryl methyl sites for hydroxylation is 1. The molecule has 1 fully saturated rings. The zero-order chi connectivity index (χ0) is 9.31. The molecule has 0 aromatic carbocycles. The highest BCUT2D eigenvalue weighted by atomic mass is 16.5. The molecule has 2 rings (SSSR count). The van der Waals surface area contributed by atoms with Gasteiger partial charge in [-0.15, -0.1) is 0 Å². The van der Waals surface area contributed by atoms with E-state index in [2.05, 4.69) is 24.0 Å². The molecule has 1 aromatic rings. The Labute approximate surface area is 78.9 Å². The van der Waals surface area contributed by atoms with Crippen LogP contribution in [0.1, 0.15) is 31.0 Å². The molecule has 1 aliphatic rings. The first-order valence-electron chi connectivity index (χ1n) is 4.81. The molecule has 0 radical (unpaired) electrons. The summed E-state index contributed by atoms with van der Waals surface area (Å²) < 4.78 is 5.47. The molecule has 0 atom stereocenters. The van der Waals surface area contributed by atoms with Crippen molar-refractivity contribution < 1.29 is 4.74 Å². The first kappa shape index (κ1) is 8.70. The van der Waals surface area contributed by atoms with E-state index in [9.17, 15) is 0 Å². The largest absolute Gasteiger partial charge is 0.372 e. The first-order chi connectivity index (χ1) is 6.30. The van der Waals surface area contributed by atoms with Crippen molar-refractivity contribution in [3.05, 3.63) is 29.6 Å². The summed E-state index contributed by atoms with van der Waals surface area (Å²) in [6.45, 7) is 2.16. The van der Waals surface area contributed by atoms with Gasteiger partial charge in [-0.05, 0) is 37.0 Å². The van der Waals surface area contributed by atoms with Crippen LogP contribution in [-0.2, 0) is 16.8 Å². The minimum Gasteiger partial charge on any atom is -0.372 e. The molecule has 0 spiro atoms. The van der Waals surface area contributed by atoms with E-state index in [1.54, 1.807) is 7.11 Å². The second kappa shape index (κ2) is 3.11. The predicted octanol–water partition coefficient (Wildman–Crippen LogP) is 2.28. The van der Waals surface area contributed by atoms with E-state index < -0.39 is 0 Å². The van der Waals surface area contributed by atoms with Crippen LogP contribution in [0.2, 0.25) is 0 Å². The Morgan fingerprint density at radius 2 is 2.31 bits per heavy atom. The second-order valence-corrected chi connectivity index (χ2v) is 3.60. The third kappa shape index (κ3) is 1.46. The lowest BCUT2D eigenvalue weighted by atomic mass is 10.1. The Hall–Kier alpha value is -0.890. The van der Waals surface area contributed by atoms with Crippen molar-refractivity contribution in [2.45, 2.75) is 31.8 Å². The third-order valence-electron chi connectivity index (χ3n) is 2.79.